The smallest absolute Gasteiger partial charge is 0.251 e. The molecule has 3 rings (SSSR count). The zero-order valence-corrected chi connectivity index (χ0v) is 21.5. The van der Waals surface area contributed by atoms with Gasteiger partial charge >= 0.3 is 0 Å². The van der Waals surface area contributed by atoms with E-state index in [2.05, 4.69) is 53.3 Å². The monoisotopic (exact) mass is 501 g/mol. The van der Waals surface area contributed by atoms with Crippen molar-refractivity contribution in [3.8, 4) is 0 Å². The van der Waals surface area contributed by atoms with E-state index in [0.717, 1.165) is 21.2 Å². The number of nitrogens with two attached hydrogens (primary N) is 1. The number of aromatic nitrogens is 3. The van der Waals surface area contributed by atoms with Gasteiger partial charge in [-0.15, -0.1) is 39.9 Å². The van der Waals surface area contributed by atoms with E-state index in [1.807, 2.05) is 18.4 Å². The van der Waals surface area contributed by atoms with Gasteiger partial charge in [0, 0.05) is 16.3 Å². The van der Waals surface area contributed by atoms with Gasteiger partial charge in [0.2, 0.25) is 5.91 Å². The molecule has 174 valence electrons. The largest absolute Gasteiger partial charge is 0.365 e. The molecule has 0 fully saturated rings. The summed E-state index contributed by atoms with van der Waals surface area (Å²) in [6.45, 7) is 12.0. The van der Waals surface area contributed by atoms with Gasteiger partial charge < -0.3 is 15.6 Å². The highest BCUT2D eigenvalue weighted by Gasteiger charge is 2.24. The number of hydrogen-bond acceptors (Lipinski definition) is 7. The molecule has 2 heterocycles. The molecule has 0 radical (unpaired) electrons. The quantitative estimate of drug-likeness (QED) is 0.301. The van der Waals surface area contributed by atoms with Gasteiger partial charge in [0.15, 0.2) is 5.16 Å². The van der Waals surface area contributed by atoms with Crippen LogP contribution in [0.5, 0.6) is 0 Å². The molecule has 7 nitrogen and oxygen atoms in total. The highest BCUT2D eigenvalue weighted by atomic mass is 32.2. The fourth-order valence-electron chi connectivity index (χ4n) is 3.04. The van der Waals surface area contributed by atoms with E-state index in [1.54, 1.807) is 24.8 Å². The summed E-state index contributed by atoms with van der Waals surface area (Å²) in [6, 6.07) is 8.34. The standard InChI is InChI=1S/C23H27N5O2S3/c1-6-11-28-18(12-31-17-9-7-13(2)8-10-17)26-27-23(28)33-16(5)21(30)25-22-19(20(24)29)14(3)15(4)32-22/h6-10,16H,1,11-12H2,2-5H3,(H2,24,29)(H,25,30). The number of nitrogens with one attached hydrogen (secondary N) is 1. The van der Waals surface area contributed by atoms with Crippen molar-refractivity contribution < 1.29 is 9.59 Å². The van der Waals surface area contributed by atoms with Crippen molar-refractivity contribution in [3.05, 3.63) is 64.3 Å². The van der Waals surface area contributed by atoms with Gasteiger partial charge in [-0.05, 0) is 45.4 Å². The van der Waals surface area contributed by atoms with Gasteiger partial charge in [-0.2, -0.15) is 0 Å². The molecule has 0 saturated heterocycles. The van der Waals surface area contributed by atoms with Crippen molar-refractivity contribution in [1.82, 2.24) is 14.8 Å². The summed E-state index contributed by atoms with van der Waals surface area (Å²) in [5.74, 6) is 0.693. The number of amides is 2. The molecule has 0 aliphatic carbocycles. The minimum Gasteiger partial charge on any atom is -0.365 e. The van der Waals surface area contributed by atoms with E-state index in [4.69, 9.17) is 5.73 Å². The van der Waals surface area contributed by atoms with Gasteiger partial charge in [0.05, 0.1) is 16.6 Å². The lowest BCUT2D eigenvalue weighted by molar-refractivity contribution is -0.115. The summed E-state index contributed by atoms with van der Waals surface area (Å²) >= 11 is 4.35. The lowest BCUT2D eigenvalue weighted by atomic mass is 10.1. The van der Waals surface area contributed by atoms with Crippen molar-refractivity contribution >= 4 is 51.7 Å². The molecule has 3 aromatic rings. The fraction of sp³-hybridized carbons (Fsp3) is 0.304. The van der Waals surface area contributed by atoms with Crippen molar-refractivity contribution in [3.63, 3.8) is 0 Å². The van der Waals surface area contributed by atoms with Crippen LogP contribution in [0.1, 0.15) is 39.1 Å². The van der Waals surface area contributed by atoms with Crippen molar-refractivity contribution in [1.29, 1.82) is 0 Å². The number of thiophene rings is 1. The Morgan fingerprint density at radius 2 is 1.94 bits per heavy atom. The molecule has 0 bridgehead atoms. The van der Waals surface area contributed by atoms with Gasteiger partial charge in [-0.1, -0.05) is 35.5 Å². The first-order valence-electron chi connectivity index (χ1n) is 10.3. The Bertz CT molecular complexity index is 1170. The summed E-state index contributed by atoms with van der Waals surface area (Å²) in [5, 5.41) is 12.2. The molecule has 1 aromatic carbocycles. The van der Waals surface area contributed by atoms with Gasteiger partial charge in [0.1, 0.15) is 10.8 Å². The minimum atomic E-state index is -0.547. The topological polar surface area (TPSA) is 103 Å². The summed E-state index contributed by atoms with van der Waals surface area (Å²) in [7, 11) is 0. The number of nitrogens with zero attached hydrogens (tertiary/aromatic N) is 3. The van der Waals surface area contributed by atoms with Crippen molar-refractivity contribution in [2.45, 2.75) is 55.3 Å². The highest BCUT2D eigenvalue weighted by molar-refractivity contribution is 8.00. The molecular weight excluding hydrogens is 474 g/mol. The summed E-state index contributed by atoms with van der Waals surface area (Å²) < 4.78 is 1.97. The Balaban J connectivity index is 1.71. The second-order valence-electron chi connectivity index (χ2n) is 7.50. The average Bonchev–Trinajstić information content (AvgIpc) is 3.27. The number of primary amides is 1. The SMILES string of the molecule is C=CCn1c(CSc2ccc(C)cc2)nnc1SC(C)C(=O)Nc1sc(C)c(C)c1C(N)=O. The Hall–Kier alpha value is -2.56. The van der Waals surface area contributed by atoms with E-state index in [-0.39, 0.29) is 5.91 Å². The Labute approximate surface area is 206 Å². The number of carbonyl (C=O) groups is 2. The number of benzene rings is 1. The first-order chi connectivity index (χ1) is 15.7. The minimum absolute atomic E-state index is 0.229. The highest BCUT2D eigenvalue weighted by Crippen LogP contribution is 2.33. The van der Waals surface area contributed by atoms with Crippen LogP contribution in [-0.2, 0) is 17.1 Å². The molecule has 3 N–H and O–H groups in total. The van der Waals surface area contributed by atoms with Crippen molar-refractivity contribution in [2.75, 3.05) is 5.32 Å². The van der Waals surface area contributed by atoms with E-state index in [9.17, 15) is 9.59 Å². The number of rotatable bonds is 10. The van der Waals surface area contributed by atoms with E-state index in [0.29, 0.717) is 28.0 Å². The van der Waals surface area contributed by atoms with Crippen LogP contribution in [0.2, 0.25) is 0 Å². The second kappa shape index (κ2) is 11.0. The number of carbonyl (C=O) groups excluding carboxylic acids is 2. The maximum Gasteiger partial charge on any atom is 0.251 e. The van der Waals surface area contributed by atoms with Crippen LogP contribution in [0.25, 0.3) is 0 Å². The zero-order chi connectivity index (χ0) is 24.1. The number of hydrogen-bond donors (Lipinski definition) is 2. The molecule has 1 atom stereocenters. The van der Waals surface area contributed by atoms with Crippen LogP contribution in [0.4, 0.5) is 5.00 Å². The van der Waals surface area contributed by atoms with E-state index >= 15 is 0 Å². The molecule has 2 amide bonds. The maximum absolute atomic E-state index is 12.9. The summed E-state index contributed by atoms with van der Waals surface area (Å²) in [4.78, 5) is 26.8. The first kappa shape index (κ1) is 25.1. The van der Waals surface area contributed by atoms with Gasteiger partial charge in [0.25, 0.3) is 5.91 Å². The number of thioether (sulfide) groups is 2. The Morgan fingerprint density at radius 1 is 1.24 bits per heavy atom. The van der Waals surface area contributed by atoms with Crippen LogP contribution >= 0.6 is 34.9 Å². The molecular formula is C23H27N5O2S3. The third-order valence-electron chi connectivity index (χ3n) is 5.01. The second-order valence-corrected chi connectivity index (χ2v) is 11.1. The lowest BCUT2D eigenvalue weighted by Crippen LogP contribution is -2.24. The van der Waals surface area contributed by atoms with E-state index < -0.39 is 11.2 Å². The molecule has 0 spiro atoms. The average molecular weight is 502 g/mol. The van der Waals surface area contributed by atoms with Crippen LogP contribution in [0.3, 0.4) is 0 Å². The molecule has 2 aromatic heterocycles. The maximum atomic E-state index is 12.9. The normalized spacial score (nSPS) is 11.9. The van der Waals surface area contributed by atoms with Crippen LogP contribution < -0.4 is 11.1 Å². The Kier molecular flexibility index (Phi) is 8.39. The number of aryl methyl sites for hydroxylation is 2. The van der Waals surface area contributed by atoms with Crippen LogP contribution in [0, 0.1) is 20.8 Å². The summed E-state index contributed by atoms with van der Waals surface area (Å²) in [6.07, 6.45) is 1.79. The zero-order valence-electron chi connectivity index (χ0n) is 19.0. The lowest BCUT2D eigenvalue weighted by Gasteiger charge is -2.13. The molecule has 0 saturated carbocycles. The third-order valence-corrected chi connectivity index (χ3v) is 8.23. The fourth-order valence-corrected chi connectivity index (χ4v) is 5.83. The molecule has 0 aliphatic heterocycles. The van der Waals surface area contributed by atoms with Crippen LogP contribution in [-0.4, -0.2) is 31.8 Å². The number of anilines is 1. The first-order valence-corrected chi connectivity index (χ1v) is 13.0. The molecule has 0 aliphatic rings. The van der Waals surface area contributed by atoms with Crippen molar-refractivity contribution in [2.24, 2.45) is 5.73 Å². The molecule has 10 heteroatoms. The van der Waals surface area contributed by atoms with Crippen LogP contribution in [0.15, 0.2) is 47.0 Å². The third kappa shape index (κ3) is 6.07. The number of allylic oxidation sites excluding steroid dienone is 1. The molecule has 33 heavy (non-hydrogen) atoms. The van der Waals surface area contributed by atoms with Gasteiger partial charge in [-0.25, -0.2) is 0 Å². The van der Waals surface area contributed by atoms with Gasteiger partial charge in [-0.3, -0.25) is 9.59 Å². The predicted molar refractivity (Wildman–Crippen MR) is 137 cm³/mol. The van der Waals surface area contributed by atoms with E-state index in [1.165, 1.54) is 28.7 Å². The summed E-state index contributed by atoms with van der Waals surface area (Å²) in [5.41, 5.74) is 7.90. The Morgan fingerprint density at radius 3 is 2.58 bits per heavy atom. The molecule has 1 unspecified atom stereocenters. The predicted octanol–water partition coefficient (Wildman–Crippen LogP) is 4.96.